The van der Waals surface area contributed by atoms with Crippen LogP contribution in [0.15, 0.2) is 59.9 Å². The van der Waals surface area contributed by atoms with Gasteiger partial charge in [-0.1, -0.05) is 42.1 Å². The number of nitrogens with zero attached hydrogens (tertiary/aromatic N) is 2. The van der Waals surface area contributed by atoms with Gasteiger partial charge in [0.05, 0.1) is 22.8 Å². The smallest absolute Gasteiger partial charge is 0.323 e. The highest BCUT2D eigenvalue weighted by molar-refractivity contribution is 8.00. The number of carbonyl (C=O) groups is 1. The van der Waals surface area contributed by atoms with Crippen LogP contribution in [0.3, 0.4) is 0 Å². The molecule has 0 bridgehead atoms. The topological polar surface area (TPSA) is 46.9 Å². The highest BCUT2D eigenvalue weighted by Gasteiger charge is 2.31. The lowest BCUT2D eigenvalue weighted by Gasteiger charge is -2.16. The van der Waals surface area contributed by atoms with Crippen LogP contribution in [0.2, 0.25) is 0 Å². The van der Waals surface area contributed by atoms with E-state index in [0.29, 0.717) is 11.6 Å². The fraction of sp³-hybridized carbons (Fsp3) is 0.200. The number of carbonyl (C=O) groups excluding carboxylic acids is 1. The molecular weight excluding hydrogens is 425 g/mol. The Balaban J connectivity index is 1.82. The summed E-state index contributed by atoms with van der Waals surface area (Å²) in [5.74, 6) is -2.41. The summed E-state index contributed by atoms with van der Waals surface area (Å²) < 4.78 is 67.2. The van der Waals surface area contributed by atoms with Crippen molar-refractivity contribution in [2.75, 3.05) is 5.32 Å². The third-order valence-electron chi connectivity index (χ3n) is 4.07. The summed E-state index contributed by atoms with van der Waals surface area (Å²) in [6.45, 7) is 0.177. The molecule has 1 atom stereocenters. The summed E-state index contributed by atoms with van der Waals surface area (Å²) in [6.07, 6.45) is -3.18. The maximum Gasteiger partial charge on any atom is 0.406 e. The fourth-order valence-corrected chi connectivity index (χ4v) is 3.55. The van der Waals surface area contributed by atoms with Crippen LogP contribution < -0.4 is 5.32 Å². The zero-order chi connectivity index (χ0) is 21.9. The number of imidazole rings is 1. The van der Waals surface area contributed by atoms with E-state index in [1.165, 1.54) is 13.1 Å². The minimum Gasteiger partial charge on any atom is -0.323 e. The van der Waals surface area contributed by atoms with E-state index in [9.17, 15) is 26.7 Å². The fourth-order valence-electron chi connectivity index (χ4n) is 2.66. The highest BCUT2D eigenvalue weighted by atomic mass is 32.2. The molecule has 0 aliphatic rings. The quantitative estimate of drug-likeness (QED) is 0.405. The minimum atomic E-state index is -4.50. The maximum atomic E-state index is 13.7. The summed E-state index contributed by atoms with van der Waals surface area (Å²) in [7, 11) is 0. The van der Waals surface area contributed by atoms with Crippen molar-refractivity contribution in [1.29, 1.82) is 0 Å². The highest BCUT2D eigenvalue weighted by Crippen LogP contribution is 2.32. The number of hydrogen-bond acceptors (Lipinski definition) is 3. The molecular formula is C20H16F5N3OS. The minimum absolute atomic E-state index is 0.00611. The van der Waals surface area contributed by atoms with Crippen LogP contribution in [-0.2, 0) is 11.3 Å². The molecule has 0 aliphatic heterocycles. The number of benzene rings is 2. The standard InChI is InChI=1S/C20H16F5N3OS/c1-12(18(29)27-16-8-7-14(21)9-15(16)22)30-19-26-10-17(13-5-3-2-4-6-13)28(19)11-20(23,24)25/h2-10,12H,11H2,1H3,(H,27,29). The lowest BCUT2D eigenvalue weighted by molar-refractivity contribution is -0.141. The number of thioether (sulfide) groups is 1. The Labute approximate surface area is 173 Å². The number of alkyl halides is 3. The van der Waals surface area contributed by atoms with Crippen molar-refractivity contribution in [2.24, 2.45) is 0 Å². The molecule has 0 aliphatic carbocycles. The summed E-state index contributed by atoms with van der Waals surface area (Å²) in [5.41, 5.74) is 0.580. The van der Waals surface area contributed by atoms with Crippen molar-refractivity contribution in [3.8, 4) is 11.3 Å². The van der Waals surface area contributed by atoms with E-state index < -0.39 is 35.5 Å². The zero-order valence-corrected chi connectivity index (χ0v) is 16.4. The Bertz CT molecular complexity index is 1040. The second kappa shape index (κ2) is 8.86. The van der Waals surface area contributed by atoms with E-state index >= 15 is 0 Å². The first kappa shape index (κ1) is 21.8. The van der Waals surface area contributed by atoms with E-state index in [2.05, 4.69) is 10.3 Å². The largest absolute Gasteiger partial charge is 0.406 e. The Morgan fingerprint density at radius 1 is 1.17 bits per heavy atom. The predicted molar refractivity (Wildman–Crippen MR) is 104 cm³/mol. The molecule has 0 fully saturated rings. The van der Waals surface area contributed by atoms with E-state index in [0.717, 1.165) is 28.5 Å². The monoisotopic (exact) mass is 441 g/mol. The number of anilines is 1. The van der Waals surface area contributed by atoms with Gasteiger partial charge in [0.25, 0.3) is 0 Å². The Kier molecular flexibility index (Phi) is 6.45. The Morgan fingerprint density at radius 3 is 2.50 bits per heavy atom. The number of halogens is 5. The summed E-state index contributed by atoms with van der Waals surface area (Å²) >= 11 is 0.806. The molecule has 3 rings (SSSR count). The average molecular weight is 441 g/mol. The van der Waals surface area contributed by atoms with Gasteiger partial charge in [-0.2, -0.15) is 13.2 Å². The van der Waals surface area contributed by atoms with Gasteiger partial charge in [0.15, 0.2) is 5.16 Å². The van der Waals surface area contributed by atoms with E-state index in [1.807, 2.05) is 0 Å². The van der Waals surface area contributed by atoms with Gasteiger partial charge in [-0.15, -0.1) is 0 Å². The second-order valence-corrected chi connectivity index (χ2v) is 7.67. The van der Waals surface area contributed by atoms with Crippen LogP contribution in [0.4, 0.5) is 27.6 Å². The van der Waals surface area contributed by atoms with Crippen molar-refractivity contribution in [1.82, 2.24) is 9.55 Å². The summed E-state index contributed by atoms with van der Waals surface area (Å²) in [6, 6.07) is 11.1. The van der Waals surface area contributed by atoms with Crippen molar-refractivity contribution in [3.63, 3.8) is 0 Å². The Morgan fingerprint density at radius 2 is 1.87 bits per heavy atom. The van der Waals surface area contributed by atoms with Crippen LogP contribution >= 0.6 is 11.8 Å². The molecule has 1 unspecified atom stereocenters. The number of amides is 1. The van der Waals surface area contributed by atoms with Crippen molar-refractivity contribution in [3.05, 3.63) is 66.4 Å². The van der Waals surface area contributed by atoms with Crippen LogP contribution in [0.25, 0.3) is 11.3 Å². The lowest BCUT2D eigenvalue weighted by atomic mass is 10.2. The van der Waals surface area contributed by atoms with Crippen molar-refractivity contribution < 1.29 is 26.7 Å². The number of aromatic nitrogens is 2. The van der Waals surface area contributed by atoms with Gasteiger partial charge in [0.2, 0.25) is 5.91 Å². The number of rotatable bonds is 6. The van der Waals surface area contributed by atoms with Crippen LogP contribution in [0.5, 0.6) is 0 Å². The van der Waals surface area contributed by atoms with Crippen LogP contribution in [0, 0.1) is 11.6 Å². The van der Waals surface area contributed by atoms with Gasteiger partial charge in [0.1, 0.15) is 18.2 Å². The third-order valence-corrected chi connectivity index (χ3v) is 5.17. The number of nitrogens with one attached hydrogen (secondary N) is 1. The van der Waals surface area contributed by atoms with E-state index in [-0.39, 0.29) is 16.5 Å². The van der Waals surface area contributed by atoms with Crippen LogP contribution in [0.1, 0.15) is 6.92 Å². The predicted octanol–water partition coefficient (Wildman–Crippen LogP) is 5.51. The van der Waals surface area contributed by atoms with Crippen molar-refractivity contribution in [2.45, 2.75) is 30.1 Å². The molecule has 10 heteroatoms. The summed E-state index contributed by atoms with van der Waals surface area (Å²) in [4.78, 5) is 16.4. The molecule has 1 amide bonds. The van der Waals surface area contributed by atoms with E-state index in [4.69, 9.17) is 0 Å². The molecule has 0 saturated carbocycles. The number of hydrogen-bond donors (Lipinski definition) is 1. The normalized spacial score (nSPS) is 12.6. The maximum absolute atomic E-state index is 13.7. The molecule has 0 saturated heterocycles. The summed E-state index contributed by atoms with van der Waals surface area (Å²) in [5, 5.41) is 1.40. The van der Waals surface area contributed by atoms with Gasteiger partial charge in [-0.05, 0) is 24.6 Å². The average Bonchev–Trinajstić information content (AvgIpc) is 3.05. The molecule has 3 aromatic rings. The molecule has 0 radical (unpaired) electrons. The molecule has 0 spiro atoms. The SMILES string of the molecule is CC(Sc1ncc(-c2ccccc2)n1CC(F)(F)F)C(=O)Nc1ccc(F)cc1F. The van der Waals surface area contributed by atoms with Crippen LogP contribution in [-0.4, -0.2) is 26.9 Å². The van der Waals surface area contributed by atoms with Gasteiger partial charge < -0.3 is 9.88 Å². The third kappa shape index (κ3) is 5.38. The van der Waals surface area contributed by atoms with Crippen molar-refractivity contribution >= 4 is 23.4 Å². The van der Waals surface area contributed by atoms with Gasteiger partial charge in [0, 0.05) is 6.07 Å². The first-order chi connectivity index (χ1) is 14.1. The van der Waals surface area contributed by atoms with Gasteiger partial charge in [-0.25, -0.2) is 13.8 Å². The zero-order valence-electron chi connectivity index (χ0n) is 15.6. The molecule has 1 heterocycles. The molecule has 30 heavy (non-hydrogen) atoms. The first-order valence-corrected chi connectivity index (χ1v) is 9.62. The molecule has 1 aromatic heterocycles. The van der Waals surface area contributed by atoms with Gasteiger partial charge >= 0.3 is 6.18 Å². The molecule has 1 N–H and O–H groups in total. The molecule has 2 aromatic carbocycles. The first-order valence-electron chi connectivity index (χ1n) is 8.74. The van der Waals surface area contributed by atoms with Gasteiger partial charge in [-0.3, -0.25) is 4.79 Å². The second-order valence-electron chi connectivity index (χ2n) is 6.37. The Hall–Kier alpha value is -2.88. The molecule has 4 nitrogen and oxygen atoms in total. The van der Waals surface area contributed by atoms with E-state index in [1.54, 1.807) is 30.3 Å². The molecule has 158 valence electrons. The lowest BCUT2D eigenvalue weighted by Crippen LogP contribution is -2.24.